The molecule has 3 rings (SSSR count). The Morgan fingerprint density at radius 3 is 3.15 bits per heavy atom. The number of hydrogen-bond donors (Lipinski definition) is 1. The fourth-order valence-electron chi connectivity index (χ4n) is 2.65. The van der Waals surface area contributed by atoms with Crippen LogP contribution in [0.1, 0.15) is 19.8 Å². The Labute approximate surface area is 123 Å². The number of aromatic amines is 1. The molecule has 0 bridgehead atoms. The zero-order valence-electron chi connectivity index (χ0n) is 11.7. The number of nitrogens with zero attached hydrogens (tertiary/aromatic N) is 1. The highest BCUT2D eigenvalue weighted by Gasteiger charge is 2.18. The minimum Gasteiger partial charge on any atom is -0.491 e. The van der Waals surface area contributed by atoms with E-state index in [-0.39, 0.29) is 0 Å². The predicted octanol–water partition coefficient (Wildman–Crippen LogP) is 3.52. The van der Waals surface area contributed by atoms with Crippen LogP contribution in [0, 0.1) is 10.7 Å². The van der Waals surface area contributed by atoms with Crippen LogP contribution in [-0.2, 0) is 11.3 Å². The number of imidazole rings is 1. The van der Waals surface area contributed by atoms with Gasteiger partial charge in [-0.2, -0.15) is 0 Å². The third kappa shape index (κ3) is 2.60. The van der Waals surface area contributed by atoms with E-state index in [1.165, 1.54) is 0 Å². The molecule has 1 unspecified atom stereocenters. The molecule has 1 fully saturated rings. The number of rotatable bonds is 5. The van der Waals surface area contributed by atoms with E-state index >= 15 is 0 Å². The summed E-state index contributed by atoms with van der Waals surface area (Å²) in [6.45, 7) is 5.44. The molecule has 1 aliphatic rings. The van der Waals surface area contributed by atoms with E-state index in [4.69, 9.17) is 21.7 Å². The molecule has 20 heavy (non-hydrogen) atoms. The number of benzene rings is 1. The van der Waals surface area contributed by atoms with E-state index in [0.717, 1.165) is 60.8 Å². The largest absolute Gasteiger partial charge is 0.491 e. The number of aromatic nitrogens is 2. The number of para-hydroxylation sites is 1. The average Bonchev–Trinajstić information content (AvgIpc) is 3.06. The fourth-order valence-corrected chi connectivity index (χ4v) is 2.93. The first kappa shape index (κ1) is 13.6. The molecule has 0 saturated carbocycles. The van der Waals surface area contributed by atoms with Gasteiger partial charge in [-0.1, -0.05) is 13.0 Å². The highest BCUT2D eigenvalue weighted by atomic mass is 32.1. The molecule has 0 radical (unpaired) electrons. The lowest BCUT2D eigenvalue weighted by Gasteiger charge is -2.10. The Morgan fingerprint density at radius 1 is 1.50 bits per heavy atom. The summed E-state index contributed by atoms with van der Waals surface area (Å²) >= 11 is 5.47. The van der Waals surface area contributed by atoms with Gasteiger partial charge in [0.25, 0.3) is 0 Å². The normalized spacial score (nSPS) is 18.8. The van der Waals surface area contributed by atoms with Gasteiger partial charge in [0.2, 0.25) is 0 Å². The molecule has 4 nitrogen and oxygen atoms in total. The summed E-state index contributed by atoms with van der Waals surface area (Å²) in [6, 6.07) is 6.11. The second kappa shape index (κ2) is 5.97. The first-order valence-electron chi connectivity index (χ1n) is 7.21. The van der Waals surface area contributed by atoms with Crippen molar-refractivity contribution in [2.45, 2.75) is 26.3 Å². The summed E-state index contributed by atoms with van der Waals surface area (Å²) in [7, 11) is 0. The Balaban J connectivity index is 1.95. The van der Waals surface area contributed by atoms with Crippen LogP contribution in [0.3, 0.4) is 0 Å². The van der Waals surface area contributed by atoms with Gasteiger partial charge in [-0.05, 0) is 37.2 Å². The van der Waals surface area contributed by atoms with Crippen LogP contribution in [0.25, 0.3) is 11.0 Å². The van der Waals surface area contributed by atoms with Gasteiger partial charge in [0, 0.05) is 19.1 Å². The third-order valence-corrected chi connectivity index (χ3v) is 4.02. The lowest BCUT2D eigenvalue weighted by Crippen LogP contribution is -2.10. The molecular formula is C15H20N2O2S. The molecule has 1 N–H and O–H groups in total. The first-order chi connectivity index (χ1) is 9.79. The van der Waals surface area contributed by atoms with Crippen molar-refractivity contribution in [1.82, 2.24) is 9.55 Å². The topological polar surface area (TPSA) is 39.2 Å². The zero-order chi connectivity index (χ0) is 13.9. The van der Waals surface area contributed by atoms with Gasteiger partial charge in [-0.25, -0.2) is 0 Å². The van der Waals surface area contributed by atoms with Crippen LogP contribution in [0.4, 0.5) is 0 Å². The molecule has 1 aromatic carbocycles. The summed E-state index contributed by atoms with van der Waals surface area (Å²) in [5, 5.41) is 0. The Kier molecular flexibility index (Phi) is 4.08. The van der Waals surface area contributed by atoms with Crippen molar-refractivity contribution < 1.29 is 9.47 Å². The van der Waals surface area contributed by atoms with Gasteiger partial charge in [-0.15, -0.1) is 0 Å². The van der Waals surface area contributed by atoms with Crippen LogP contribution < -0.4 is 4.74 Å². The van der Waals surface area contributed by atoms with Gasteiger partial charge in [0.15, 0.2) is 4.77 Å². The maximum absolute atomic E-state index is 5.79. The monoisotopic (exact) mass is 292 g/mol. The molecular weight excluding hydrogens is 272 g/mol. The fraction of sp³-hybridized carbons (Fsp3) is 0.533. The summed E-state index contributed by atoms with van der Waals surface area (Å²) in [6.07, 6.45) is 2.11. The van der Waals surface area contributed by atoms with E-state index in [1.807, 2.05) is 12.1 Å². The van der Waals surface area contributed by atoms with E-state index in [1.54, 1.807) is 0 Å². The molecule has 0 spiro atoms. The minimum absolute atomic E-state index is 0.556. The Bertz CT molecular complexity index is 641. The quantitative estimate of drug-likeness (QED) is 0.857. The van der Waals surface area contributed by atoms with Crippen molar-refractivity contribution in [1.29, 1.82) is 0 Å². The summed E-state index contributed by atoms with van der Waals surface area (Å²) in [5.74, 6) is 1.44. The van der Waals surface area contributed by atoms with E-state index in [2.05, 4.69) is 22.5 Å². The lowest BCUT2D eigenvalue weighted by molar-refractivity contribution is 0.182. The highest BCUT2D eigenvalue weighted by molar-refractivity contribution is 7.71. The Hall–Kier alpha value is -1.33. The second-order valence-electron chi connectivity index (χ2n) is 5.27. The van der Waals surface area contributed by atoms with Crippen molar-refractivity contribution in [2.75, 3.05) is 19.8 Å². The van der Waals surface area contributed by atoms with Gasteiger partial charge >= 0.3 is 0 Å². The molecule has 1 aliphatic heterocycles. The standard InChI is InChI=1S/C15H20N2O2S/c1-2-7-19-13-5-3-4-12-14(13)16-15(20)17(12)9-11-6-8-18-10-11/h3-5,11H,2,6-10H2,1H3,(H,16,20). The summed E-state index contributed by atoms with van der Waals surface area (Å²) in [5.41, 5.74) is 2.13. The van der Waals surface area contributed by atoms with Crippen LogP contribution >= 0.6 is 12.2 Å². The van der Waals surface area contributed by atoms with Crippen LogP contribution in [0.2, 0.25) is 0 Å². The summed E-state index contributed by atoms with van der Waals surface area (Å²) in [4.78, 5) is 3.29. The van der Waals surface area contributed by atoms with Gasteiger partial charge < -0.3 is 19.0 Å². The molecule has 5 heteroatoms. The molecule has 2 aromatic rings. The SMILES string of the molecule is CCCOc1cccc2c1[nH]c(=S)n2CC1CCOC1. The molecule has 0 aliphatic carbocycles. The third-order valence-electron chi connectivity index (χ3n) is 3.70. The van der Waals surface area contributed by atoms with Crippen LogP contribution in [-0.4, -0.2) is 29.4 Å². The van der Waals surface area contributed by atoms with Crippen molar-refractivity contribution >= 4 is 23.3 Å². The van der Waals surface area contributed by atoms with E-state index in [0.29, 0.717) is 5.92 Å². The van der Waals surface area contributed by atoms with E-state index in [9.17, 15) is 0 Å². The van der Waals surface area contributed by atoms with Crippen molar-refractivity contribution in [3.8, 4) is 5.75 Å². The average molecular weight is 292 g/mol. The highest BCUT2D eigenvalue weighted by Crippen LogP contribution is 2.26. The van der Waals surface area contributed by atoms with Crippen LogP contribution in [0.5, 0.6) is 5.75 Å². The molecule has 1 saturated heterocycles. The van der Waals surface area contributed by atoms with E-state index < -0.39 is 0 Å². The number of nitrogens with one attached hydrogen (secondary N) is 1. The van der Waals surface area contributed by atoms with Gasteiger partial charge in [0.05, 0.1) is 18.7 Å². The molecule has 0 amide bonds. The van der Waals surface area contributed by atoms with Gasteiger partial charge in [0.1, 0.15) is 11.3 Å². The molecule has 2 heterocycles. The van der Waals surface area contributed by atoms with Crippen LogP contribution in [0.15, 0.2) is 18.2 Å². The Morgan fingerprint density at radius 2 is 2.40 bits per heavy atom. The lowest BCUT2D eigenvalue weighted by atomic mass is 10.1. The van der Waals surface area contributed by atoms with Gasteiger partial charge in [-0.3, -0.25) is 0 Å². The van der Waals surface area contributed by atoms with Crippen molar-refractivity contribution in [3.63, 3.8) is 0 Å². The number of fused-ring (bicyclic) bond motifs is 1. The minimum atomic E-state index is 0.556. The number of H-pyrrole nitrogens is 1. The zero-order valence-corrected chi connectivity index (χ0v) is 12.5. The maximum atomic E-state index is 5.79. The number of ether oxygens (including phenoxy) is 2. The molecule has 1 aromatic heterocycles. The maximum Gasteiger partial charge on any atom is 0.178 e. The smallest absolute Gasteiger partial charge is 0.178 e. The predicted molar refractivity (Wildman–Crippen MR) is 81.8 cm³/mol. The molecule has 108 valence electrons. The van der Waals surface area contributed by atoms with Crippen molar-refractivity contribution in [3.05, 3.63) is 23.0 Å². The summed E-state index contributed by atoms with van der Waals surface area (Å²) < 4.78 is 14.2. The molecule has 1 atom stereocenters. The van der Waals surface area contributed by atoms with Crippen molar-refractivity contribution in [2.24, 2.45) is 5.92 Å². The second-order valence-corrected chi connectivity index (χ2v) is 5.66. The number of hydrogen-bond acceptors (Lipinski definition) is 3. The first-order valence-corrected chi connectivity index (χ1v) is 7.62.